The third-order valence-corrected chi connectivity index (χ3v) is 2.66. The van der Waals surface area contributed by atoms with Gasteiger partial charge in [-0.15, -0.1) is 0 Å². The van der Waals surface area contributed by atoms with Gasteiger partial charge in [-0.25, -0.2) is 10.2 Å². The third-order valence-electron chi connectivity index (χ3n) is 2.66. The quantitative estimate of drug-likeness (QED) is 0.835. The molecule has 0 saturated carbocycles. The molecule has 1 heterocycles. The first-order valence-corrected chi connectivity index (χ1v) is 5.39. The van der Waals surface area contributed by atoms with Gasteiger partial charge >= 0.3 is 5.97 Å². The molecule has 0 aromatic heterocycles. The minimum Gasteiger partial charge on any atom is -0.496 e. The number of methoxy groups -OCH3 is 1. The number of carbonyl (C=O) groups is 2. The van der Waals surface area contributed by atoms with E-state index in [1.54, 1.807) is 6.07 Å². The highest BCUT2D eigenvalue weighted by atomic mass is 16.5. The summed E-state index contributed by atoms with van der Waals surface area (Å²) in [5, 5.41) is 12.9. The molecule has 94 valence electrons. The first-order valence-electron chi connectivity index (χ1n) is 5.39. The lowest BCUT2D eigenvalue weighted by Crippen LogP contribution is -2.26. The van der Waals surface area contributed by atoms with Crippen LogP contribution in [0.4, 0.5) is 0 Å². The molecule has 0 bridgehead atoms. The molecule has 0 aliphatic carbocycles. The van der Waals surface area contributed by atoms with Crippen molar-refractivity contribution in [3.63, 3.8) is 0 Å². The summed E-state index contributed by atoms with van der Waals surface area (Å²) in [6.45, 7) is 0. The second-order valence-corrected chi connectivity index (χ2v) is 3.81. The minimum absolute atomic E-state index is 0.146. The number of aromatic carboxylic acids is 1. The molecule has 1 aliphatic rings. The lowest BCUT2D eigenvalue weighted by Gasteiger charge is -2.15. The number of hydrogen-bond acceptors (Lipinski definition) is 4. The molecule has 0 atom stereocenters. The van der Waals surface area contributed by atoms with Crippen LogP contribution in [0.25, 0.3) is 0 Å². The van der Waals surface area contributed by atoms with Crippen LogP contribution in [0.1, 0.15) is 28.8 Å². The highest BCUT2D eigenvalue weighted by Crippen LogP contribution is 2.23. The Balaban J connectivity index is 2.44. The van der Waals surface area contributed by atoms with Gasteiger partial charge in [0.05, 0.1) is 18.4 Å². The molecule has 0 fully saturated rings. The number of carboxylic acid groups (broad SMARTS) is 1. The Bertz CT molecular complexity index is 537. The Hall–Kier alpha value is -2.37. The van der Waals surface area contributed by atoms with E-state index >= 15 is 0 Å². The van der Waals surface area contributed by atoms with Gasteiger partial charge in [0.2, 0.25) is 5.91 Å². The highest BCUT2D eigenvalue weighted by Gasteiger charge is 2.18. The van der Waals surface area contributed by atoms with E-state index in [2.05, 4.69) is 10.5 Å². The van der Waals surface area contributed by atoms with Crippen LogP contribution in [-0.2, 0) is 4.79 Å². The van der Waals surface area contributed by atoms with Gasteiger partial charge in [0.1, 0.15) is 5.75 Å². The Labute approximate surface area is 103 Å². The molecule has 6 nitrogen and oxygen atoms in total. The number of nitrogens with one attached hydrogen (secondary N) is 1. The molecule has 18 heavy (non-hydrogen) atoms. The van der Waals surface area contributed by atoms with Crippen molar-refractivity contribution in [2.45, 2.75) is 12.8 Å². The van der Waals surface area contributed by atoms with E-state index in [0.29, 0.717) is 29.9 Å². The van der Waals surface area contributed by atoms with Crippen molar-refractivity contribution in [1.82, 2.24) is 5.43 Å². The summed E-state index contributed by atoms with van der Waals surface area (Å²) in [6, 6.07) is 4.54. The van der Waals surface area contributed by atoms with Crippen molar-refractivity contribution in [2.24, 2.45) is 5.10 Å². The van der Waals surface area contributed by atoms with E-state index in [9.17, 15) is 9.59 Å². The van der Waals surface area contributed by atoms with Crippen LogP contribution in [0.5, 0.6) is 5.75 Å². The molecule has 0 spiro atoms. The molecule has 2 N–H and O–H groups in total. The van der Waals surface area contributed by atoms with Crippen molar-refractivity contribution in [3.05, 3.63) is 29.3 Å². The van der Waals surface area contributed by atoms with Gasteiger partial charge in [0, 0.05) is 18.4 Å². The summed E-state index contributed by atoms with van der Waals surface area (Å²) in [6.07, 6.45) is 0.796. The average Bonchev–Trinajstić information content (AvgIpc) is 2.39. The molecule has 0 radical (unpaired) electrons. The topological polar surface area (TPSA) is 88.0 Å². The first-order chi connectivity index (χ1) is 8.61. The molecule has 1 aromatic carbocycles. The summed E-state index contributed by atoms with van der Waals surface area (Å²) < 4.78 is 5.17. The molecule has 0 saturated heterocycles. The molecular formula is C12H12N2O4. The van der Waals surface area contributed by atoms with E-state index in [4.69, 9.17) is 9.84 Å². The SMILES string of the molecule is COc1ccc(C(=O)O)cc1C1=NNC(=O)CC1. The van der Waals surface area contributed by atoms with Crippen molar-refractivity contribution >= 4 is 17.6 Å². The van der Waals surface area contributed by atoms with Crippen molar-refractivity contribution in [3.8, 4) is 5.75 Å². The monoisotopic (exact) mass is 248 g/mol. The molecular weight excluding hydrogens is 236 g/mol. The number of rotatable bonds is 3. The predicted octanol–water partition coefficient (Wildman–Crippen LogP) is 1.01. The molecule has 6 heteroatoms. The van der Waals surface area contributed by atoms with Gasteiger partial charge in [-0.05, 0) is 18.2 Å². The van der Waals surface area contributed by atoms with Crippen molar-refractivity contribution in [1.29, 1.82) is 0 Å². The number of ether oxygens (including phenoxy) is 1. The molecule has 0 unspecified atom stereocenters. The molecule has 1 aromatic rings. The van der Waals surface area contributed by atoms with Crippen LogP contribution in [0.2, 0.25) is 0 Å². The van der Waals surface area contributed by atoms with Gasteiger partial charge in [-0.2, -0.15) is 5.10 Å². The smallest absolute Gasteiger partial charge is 0.335 e. The number of hydrogen-bond donors (Lipinski definition) is 2. The Morgan fingerprint density at radius 2 is 2.22 bits per heavy atom. The Kier molecular flexibility index (Phi) is 3.27. The van der Waals surface area contributed by atoms with E-state index in [1.165, 1.54) is 19.2 Å². The van der Waals surface area contributed by atoms with Crippen molar-refractivity contribution < 1.29 is 19.4 Å². The number of nitrogens with zero attached hydrogens (tertiary/aromatic N) is 1. The Morgan fingerprint density at radius 3 is 2.78 bits per heavy atom. The minimum atomic E-state index is -1.01. The van der Waals surface area contributed by atoms with Crippen LogP contribution in [0.15, 0.2) is 23.3 Å². The van der Waals surface area contributed by atoms with Gasteiger partial charge in [-0.1, -0.05) is 0 Å². The summed E-state index contributed by atoms with van der Waals surface area (Å²) in [4.78, 5) is 22.0. The van der Waals surface area contributed by atoms with Crippen LogP contribution in [-0.4, -0.2) is 29.8 Å². The lowest BCUT2D eigenvalue weighted by atomic mass is 10.0. The van der Waals surface area contributed by atoms with Crippen LogP contribution in [0, 0.1) is 0 Å². The molecule has 2 rings (SSSR count). The van der Waals surface area contributed by atoms with Crippen LogP contribution in [0.3, 0.4) is 0 Å². The van der Waals surface area contributed by atoms with Crippen LogP contribution < -0.4 is 10.2 Å². The van der Waals surface area contributed by atoms with Gasteiger partial charge in [0.25, 0.3) is 0 Å². The standard InChI is InChI=1S/C12H12N2O4/c1-18-10-4-2-7(12(16)17)6-8(10)9-3-5-11(15)14-13-9/h2,4,6H,3,5H2,1H3,(H,14,15)(H,16,17). The van der Waals surface area contributed by atoms with E-state index in [0.717, 1.165) is 0 Å². The highest BCUT2D eigenvalue weighted by molar-refractivity contribution is 6.07. The first kappa shape index (κ1) is 12.1. The largest absolute Gasteiger partial charge is 0.496 e. The number of benzene rings is 1. The van der Waals surface area contributed by atoms with Crippen LogP contribution >= 0.6 is 0 Å². The van der Waals surface area contributed by atoms with Crippen molar-refractivity contribution in [2.75, 3.05) is 7.11 Å². The van der Waals surface area contributed by atoms with E-state index in [-0.39, 0.29) is 11.5 Å². The zero-order valence-electron chi connectivity index (χ0n) is 9.77. The fourth-order valence-corrected chi connectivity index (χ4v) is 1.73. The fourth-order valence-electron chi connectivity index (χ4n) is 1.73. The third kappa shape index (κ3) is 2.32. The number of hydrazone groups is 1. The second-order valence-electron chi connectivity index (χ2n) is 3.81. The maximum atomic E-state index is 11.0. The normalized spacial score (nSPS) is 14.7. The zero-order valence-corrected chi connectivity index (χ0v) is 9.77. The Morgan fingerprint density at radius 1 is 1.44 bits per heavy atom. The second kappa shape index (κ2) is 4.87. The van der Waals surface area contributed by atoms with Gasteiger partial charge in [-0.3, -0.25) is 4.79 Å². The van der Waals surface area contributed by atoms with E-state index < -0.39 is 5.97 Å². The number of amides is 1. The van der Waals surface area contributed by atoms with Gasteiger partial charge in [0.15, 0.2) is 0 Å². The zero-order chi connectivity index (χ0) is 13.1. The number of carboxylic acids is 1. The predicted molar refractivity (Wildman–Crippen MR) is 63.9 cm³/mol. The maximum absolute atomic E-state index is 11.0. The lowest BCUT2D eigenvalue weighted by molar-refractivity contribution is -0.121. The summed E-state index contributed by atoms with van der Waals surface area (Å²) in [5.41, 5.74) is 3.75. The van der Waals surface area contributed by atoms with Gasteiger partial charge < -0.3 is 9.84 Å². The summed E-state index contributed by atoms with van der Waals surface area (Å²) in [5.74, 6) is -0.624. The average molecular weight is 248 g/mol. The molecule has 1 amide bonds. The molecule has 1 aliphatic heterocycles. The number of carbonyl (C=O) groups excluding carboxylic acids is 1. The fraction of sp³-hybridized carbons (Fsp3) is 0.250. The summed E-state index contributed by atoms with van der Waals surface area (Å²) >= 11 is 0. The summed E-state index contributed by atoms with van der Waals surface area (Å²) in [7, 11) is 1.50. The maximum Gasteiger partial charge on any atom is 0.335 e. The van der Waals surface area contributed by atoms with E-state index in [1.807, 2.05) is 0 Å².